The molecule has 2 heterocycles. The predicted octanol–water partition coefficient (Wildman–Crippen LogP) is -0.863. The summed E-state index contributed by atoms with van der Waals surface area (Å²) >= 11 is 0. The number of ether oxygens (including phenoxy) is 1. The summed E-state index contributed by atoms with van der Waals surface area (Å²) in [4.78, 5) is 22.6. The molecule has 0 aliphatic carbocycles. The van der Waals surface area contributed by atoms with Gasteiger partial charge in [-0.1, -0.05) is 0 Å². The van der Waals surface area contributed by atoms with E-state index in [1.807, 2.05) is 0 Å². The number of hydrogen-bond acceptors (Lipinski definition) is 7. The maximum Gasteiger partial charge on any atom is 0.323 e. The third kappa shape index (κ3) is 2.34. The summed E-state index contributed by atoms with van der Waals surface area (Å²) in [5, 5.41) is 3.90. The Labute approximate surface area is 102 Å². The van der Waals surface area contributed by atoms with Crippen LogP contribution in [-0.4, -0.2) is 37.2 Å². The third-order valence-corrected chi connectivity index (χ3v) is 1.94. The molecule has 0 atom stereocenters. The van der Waals surface area contributed by atoms with E-state index in [4.69, 9.17) is 16.2 Å². The molecule has 0 aromatic carbocycles. The van der Waals surface area contributed by atoms with E-state index in [0.717, 1.165) is 0 Å². The summed E-state index contributed by atoms with van der Waals surface area (Å²) in [5.41, 5.74) is 10.7. The quantitative estimate of drug-likeness (QED) is 0.719. The average Bonchev–Trinajstić information content (AvgIpc) is 2.78. The van der Waals surface area contributed by atoms with Crippen molar-refractivity contribution in [2.75, 3.05) is 12.3 Å². The summed E-state index contributed by atoms with van der Waals surface area (Å²) in [6.07, 6.45) is 1.49. The van der Waals surface area contributed by atoms with Crippen LogP contribution in [0.25, 0.3) is 5.95 Å². The van der Waals surface area contributed by atoms with Crippen LogP contribution in [0.3, 0.4) is 0 Å². The van der Waals surface area contributed by atoms with Crippen LogP contribution >= 0.6 is 0 Å². The number of carbonyl (C=O) groups is 1. The highest BCUT2D eigenvalue weighted by Crippen LogP contribution is 2.09. The molecule has 2 aromatic heterocycles. The van der Waals surface area contributed by atoms with Crippen LogP contribution in [0.4, 0.5) is 5.95 Å². The molecule has 0 saturated heterocycles. The lowest BCUT2D eigenvalue weighted by Gasteiger charge is -2.04. The lowest BCUT2D eigenvalue weighted by atomic mass is 10.4. The van der Waals surface area contributed by atoms with E-state index in [2.05, 4.69) is 20.1 Å². The van der Waals surface area contributed by atoms with Crippen LogP contribution in [0.5, 0.6) is 6.01 Å². The molecule has 9 nitrogen and oxygen atoms in total. The van der Waals surface area contributed by atoms with Crippen molar-refractivity contribution in [2.24, 2.45) is 5.73 Å². The molecule has 0 bridgehead atoms. The Morgan fingerprint density at radius 3 is 2.83 bits per heavy atom. The first kappa shape index (κ1) is 11.8. The topological polar surface area (TPSA) is 135 Å². The van der Waals surface area contributed by atoms with Gasteiger partial charge in [-0.2, -0.15) is 20.1 Å². The van der Waals surface area contributed by atoms with Crippen molar-refractivity contribution in [3.05, 3.63) is 18.0 Å². The van der Waals surface area contributed by atoms with Crippen LogP contribution in [0.2, 0.25) is 0 Å². The van der Waals surface area contributed by atoms with Gasteiger partial charge in [-0.05, 0) is 13.0 Å². The number of nitrogens with zero attached hydrogens (tertiary/aromatic N) is 5. The SMILES string of the molecule is CCOc1nc(N)nc(-n2ccc(C(N)=O)n2)n1. The first-order chi connectivity index (χ1) is 8.60. The first-order valence-corrected chi connectivity index (χ1v) is 5.10. The largest absolute Gasteiger partial charge is 0.464 e. The molecule has 0 spiro atoms. The number of rotatable bonds is 4. The molecular weight excluding hydrogens is 238 g/mol. The van der Waals surface area contributed by atoms with Crippen LogP contribution < -0.4 is 16.2 Å². The van der Waals surface area contributed by atoms with Gasteiger partial charge < -0.3 is 16.2 Å². The summed E-state index contributed by atoms with van der Waals surface area (Å²) in [6.45, 7) is 2.19. The maximum atomic E-state index is 10.9. The molecule has 0 radical (unpaired) electrons. The predicted molar refractivity (Wildman–Crippen MR) is 61.0 cm³/mol. The van der Waals surface area contributed by atoms with Crippen molar-refractivity contribution in [3.63, 3.8) is 0 Å². The molecule has 0 saturated carbocycles. The van der Waals surface area contributed by atoms with Gasteiger partial charge in [0.2, 0.25) is 5.95 Å². The second-order valence-corrected chi connectivity index (χ2v) is 3.22. The average molecular weight is 249 g/mol. The summed E-state index contributed by atoms with van der Waals surface area (Å²) < 4.78 is 6.39. The zero-order chi connectivity index (χ0) is 13.1. The Bertz CT molecular complexity index is 580. The molecular formula is C9H11N7O2. The molecule has 18 heavy (non-hydrogen) atoms. The van der Waals surface area contributed by atoms with Gasteiger partial charge in [-0.25, -0.2) is 4.68 Å². The molecule has 0 aliphatic rings. The Kier molecular flexibility index (Phi) is 3.04. The summed E-state index contributed by atoms with van der Waals surface area (Å²) in [5.74, 6) is -0.487. The minimum atomic E-state index is -0.638. The van der Waals surface area contributed by atoms with Crippen LogP contribution in [0, 0.1) is 0 Å². The standard InChI is InChI=1S/C9H11N7O2/c1-2-18-9-13-7(11)12-8(14-9)16-4-3-5(15-16)6(10)17/h3-4H,2H2,1H3,(H2,10,17)(H2,11,12,13,14). The molecule has 0 unspecified atom stereocenters. The molecule has 0 aliphatic heterocycles. The second kappa shape index (κ2) is 4.65. The highest BCUT2D eigenvalue weighted by molar-refractivity contribution is 5.90. The smallest absolute Gasteiger partial charge is 0.323 e. The number of aromatic nitrogens is 5. The molecule has 4 N–H and O–H groups in total. The van der Waals surface area contributed by atoms with E-state index < -0.39 is 5.91 Å². The highest BCUT2D eigenvalue weighted by atomic mass is 16.5. The Balaban J connectivity index is 2.39. The third-order valence-electron chi connectivity index (χ3n) is 1.94. The zero-order valence-electron chi connectivity index (χ0n) is 9.57. The fraction of sp³-hybridized carbons (Fsp3) is 0.222. The summed E-state index contributed by atoms with van der Waals surface area (Å²) in [7, 11) is 0. The Hall–Kier alpha value is -2.71. The summed E-state index contributed by atoms with van der Waals surface area (Å²) in [6, 6.07) is 1.54. The van der Waals surface area contributed by atoms with Crippen LogP contribution in [0.1, 0.15) is 17.4 Å². The van der Waals surface area contributed by atoms with Crippen molar-refractivity contribution < 1.29 is 9.53 Å². The lowest BCUT2D eigenvalue weighted by molar-refractivity contribution is 0.0995. The zero-order valence-corrected chi connectivity index (χ0v) is 9.57. The van der Waals surface area contributed by atoms with Gasteiger partial charge in [0.25, 0.3) is 11.9 Å². The molecule has 1 amide bonds. The maximum absolute atomic E-state index is 10.9. The number of anilines is 1. The highest BCUT2D eigenvalue weighted by Gasteiger charge is 2.10. The molecule has 0 fully saturated rings. The van der Waals surface area contributed by atoms with Crippen LogP contribution in [0.15, 0.2) is 12.3 Å². The van der Waals surface area contributed by atoms with Gasteiger partial charge in [0.1, 0.15) is 5.69 Å². The van der Waals surface area contributed by atoms with Crippen molar-refractivity contribution in [2.45, 2.75) is 6.92 Å². The van der Waals surface area contributed by atoms with Crippen molar-refractivity contribution in [3.8, 4) is 12.0 Å². The minimum absolute atomic E-state index is 0.000394. The van der Waals surface area contributed by atoms with Crippen molar-refractivity contribution in [1.29, 1.82) is 0 Å². The van der Waals surface area contributed by atoms with Gasteiger partial charge in [-0.15, -0.1) is 0 Å². The van der Waals surface area contributed by atoms with Gasteiger partial charge >= 0.3 is 6.01 Å². The molecule has 9 heteroatoms. The van der Waals surface area contributed by atoms with E-state index >= 15 is 0 Å². The Morgan fingerprint density at radius 2 is 2.22 bits per heavy atom. The number of hydrogen-bond donors (Lipinski definition) is 2. The van der Waals surface area contributed by atoms with E-state index in [-0.39, 0.29) is 23.6 Å². The van der Waals surface area contributed by atoms with E-state index in [1.165, 1.54) is 16.9 Å². The number of nitrogens with two attached hydrogens (primary N) is 2. The molecule has 94 valence electrons. The first-order valence-electron chi connectivity index (χ1n) is 5.10. The second-order valence-electron chi connectivity index (χ2n) is 3.22. The normalized spacial score (nSPS) is 10.3. The molecule has 2 rings (SSSR count). The van der Waals surface area contributed by atoms with Gasteiger partial charge in [-0.3, -0.25) is 4.79 Å². The fourth-order valence-electron chi connectivity index (χ4n) is 1.22. The number of carbonyl (C=O) groups excluding carboxylic acids is 1. The van der Waals surface area contributed by atoms with E-state index in [9.17, 15) is 4.79 Å². The van der Waals surface area contributed by atoms with Crippen LogP contribution in [-0.2, 0) is 0 Å². The van der Waals surface area contributed by atoms with E-state index in [1.54, 1.807) is 6.92 Å². The van der Waals surface area contributed by atoms with Crippen molar-refractivity contribution in [1.82, 2.24) is 24.7 Å². The lowest BCUT2D eigenvalue weighted by Crippen LogP contribution is -2.13. The minimum Gasteiger partial charge on any atom is -0.464 e. The fourth-order valence-corrected chi connectivity index (χ4v) is 1.22. The van der Waals surface area contributed by atoms with Gasteiger partial charge in [0.15, 0.2) is 0 Å². The Morgan fingerprint density at radius 1 is 1.44 bits per heavy atom. The van der Waals surface area contributed by atoms with Crippen molar-refractivity contribution >= 4 is 11.9 Å². The number of amides is 1. The van der Waals surface area contributed by atoms with E-state index in [0.29, 0.717) is 6.61 Å². The van der Waals surface area contributed by atoms with Gasteiger partial charge in [0, 0.05) is 6.20 Å². The monoisotopic (exact) mass is 249 g/mol. The number of primary amides is 1. The number of nitrogen functional groups attached to an aromatic ring is 1. The molecule has 2 aromatic rings. The van der Waals surface area contributed by atoms with Gasteiger partial charge in [0.05, 0.1) is 6.61 Å².